The molecule has 1 heterocycles. The van der Waals surface area contributed by atoms with Crippen molar-refractivity contribution in [3.63, 3.8) is 0 Å². The lowest BCUT2D eigenvalue weighted by Gasteiger charge is -2.21. The Morgan fingerprint density at radius 3 is 2.35 bits per heavy atom. The van der Waals surface area contributed by atoms with Crippen molar-refractivity contribution in [2.24, 2.45) is 5.10 Å². The zero-order chi connectivity index (χ0) is 26.3. The quantitative estimate of drug-likeness (QED) is 0.209. The minimum absolute atomic E-state index is 0.00536. The first-order valence-corrected chi connectivity index (χ1v) is 13.2. The maximum atomic E-state index is 13.5. The van der Waals surface area contributed by atoms with E-state index >= 15 is 0 Å². The molecule has 2 amide bonds. The number of sulfonamides is 1. The molecule has 4 rings (SSSR count). The van der Waals surface area contributed by atoms with E-state index in [0.717, 1.165) is 11.1 Å². The number of hydrogen-bond acceptors (Lipinski definition) is 5. The first-order valence-electron chi connectivity index (χ1n) is 11.3. The number of furan rings is 1. The number of rotatable bonds is 9. The Kier molecular flexibility index (Phi) is 8.39. The average Bonchev–Trinajstić information content (AvgIpc) is 3.33. The number of para-hydroxylation sites is 1. The number of halogens is 1. The molecule has 0 saturated heterocycles. The topological polar surface area (TPSA) is 104 Å². The van der Waals surface area contributed by atoms with Crippen LogP contribution in [-0.4, -0.2) is 25.0 Å². The van der Waals surface area contributed by atoms with Crippen LogP contribution in [0.15, 0.2) is 105 Å². The minimum Gasteiger partial charge on any atom is -0.459 e. The lowest BCUT2D eigenvalue weighted by atomic mass is 10.1. The SMILES string of the molecule is Cc1ccc(CN(Cc2ccc(/C=N\NC(=O)Nc3ccccc3)o2)S(=O)(=O)c2ccc(Cl)cc2)cc1. The smallest absolute Gasteiger partial charge is 0.339 e. The van der Waals surface area contributed by atoms with E-state index in [2.05, 4.69) is 15.8 Å². The van der Waals surface area contributed by atoms with Gasteiger partial charge >= 0.3 is 6.03 Å². The van der Waals surface area contributed by atoms with Crippen LogP contribution in [0.3, 0.4) is 0 Å². The second-order valence-electron chi connectivity index (χ2n) is 8.21. The molecule has 0 spiro atoms. The molecule has 0 aliphatic heterocycles. The highest BCUT2D eigenvalue weighted by atomic mass is 35.5. The molecule has 37 heavy (non-hydrogen) atoms. The van der Waals surface area contributed by atoms with Crippen LogP contribution in [0.2, 0.25) is 5.02 Å². The summed E-state index contributed by atoms with van der Waals surface area (Å²) in [5.41, 5.74) is 4.91. The van der Waals surface area contributed by atoms with Crippen molar-refractivity contribution in [1.82, 2.24) is 9.73 Å². The molecule has 0 bridgehead atoms. The van der Waals surface area contributed by atoms with Crippen molar-refractivity contribution in [1.29, 1.82) is 0 Å². The molecule has 0 aliphatic carbocycles. The second kappa shape index (κ2) is 11.9. The van der Waals surface area contributed by atoms with Gasteiger partial charge in [-0.3, -0.25) is 0 Å². The number of carbonyl (C=O) groups excluding carboxylic acids is 1. The summed E-state index contributed by atoms with van der Waals surface area (Å²) in [5.74, 6) is 0.772. The molecule has 4 aromatic rings. The van der Waals surface area contributed by atoms with Crippen LogP contribution in [0.25, 0.3) is 0 Å². The molecule has 0 unspecified atom stereocenters. The van der Waals surface area contributed by atoms with E-state index in [1.54, 1.807) is 48.5 Å². The highest BCUT2D eigenvalue weighted by Gasteiger charge is 2.26. The Hall–Kier alpha value is -3.92. The van der Waals surface area contributed by atoms with Crippen LogP contribution in [0.1, 0.15) is 22.6 Å². The van der Waals surface area contributed by atoms with Gasteiger partial charge in [0.15, 0.2) is 0 Å². The van der Waals surface area contributed by atoms with Crippen molar-refractivity contribution in [3.05, 3.63) is 119 Å². The molecule has 0 atom stereocenters. The molecule has 10 heteroatoms. The Balaban J connectivity index is 1.47. The van der Waals surface area contributed by atoms with Gasteiger partial charge in [0.2, 0.25) is 10.0 Å². The van der Waals surface area contributed by atoms with Crippen LogP contribution in [0, 0.1) is 6.92 Å². The normalized spacial score (nSPS) is 11.6. The number of benzene rings is 3. The van der Waals surface area contributed by atoms with Crippen molar-refractivity contribution in [2.75, 3.05) is 5.32 Å². The van der Waals surface area contributed by atoms with Crippen molar-refractivity contribution >= 4 is 39.6 Å². The third-order valence-corrected chi connectivity index (χ3v) is 7.39. The highest BCUT2D eigenvalue weighted by molar-refractivity contribution is 7.89. The molecular weight excluding hydrogens is 512 g/mol. The lowest BCUT2D eigenvalue weighted by molar-refractivity contribution is 0.252. The van der Waals surface area contributed by atoms with Crippen LogP contribution in [0.4, 0.5) is 10.5 Å². The number of hydrogen-bond donors (Lipinski definition) is 2. The number of urea groups is 1. The van der Waals surface area contributed by atoms with Crippen LogP contribution < -0.4 is 10.7 Å². The predicted molar refractivity (Wildman–Crippen MR) is 144 cm³/mol. The zero-order valence-corrected chi connectivity index (χ0v) is 21.5. The van der Waals surface area contributed by atoms with Gasteiger partial charge in [0.1, 0.15) is 11.5 Å². The van der Waals surface area contributed by atoms with Gasteiger partial charge in [0, 0.05) is 17.3 Å². The van der Waals surface area contributed by atoms with Crippen molar-refractivity contribution in [2.45, 2.75) is 24.9 Å². The summed E-state index contributed by atoms with van der Waals surface area (Å²) in [7, 11) is -3.86. The Bertz CT molecular complexity index is 1470. The van der Waals surface area contributed by atoms with Gasteiger partial charge < -0.3 is 9.73 Å². The average molecular weight is 537 g/mol. The highest BCUT2D eigenvalue weighted by Crippen LogP contribution is 2.23. The number of aryl methyl sites for hydroxylation is 1. The zero-order valence-electron chi connectivity index (χ0n) is 20.0. The molecule has 8 nitrogen and oxygen atoms in total. The number of hydrazone groups is 1. The van der Waals surface area contributed by atoms with Crippen molar-refractivity contribution < 1.29 is 17.6 Å². The van der Waals surface area contributed by atoms with E-state index in [1.807, 2.05) is 37.3 Å². The maximum Gasteiger partial charge on any atom is 0.339 e. The van der Waals surface area contributed by atoms with Crippen LogP contribution in [-0.2, 0) is 23.1 Å². The number of nitrogens with one attached hydrogen (secondary N) is 2. The molecule has 2 N–H and O–H groups in total. The summed E-state index contributed by atoms with van der Waals surface area (Å²) in [6.07, 6.45) is 1.34. The van der Waals surface area contributed by atoms with Gasteiger partial charge in [-0.05, 0) is 61.0 Å². The number of nitrogens with zero attached hydrogens (tertiary/aromatic N) is 2. The Morgan fingerprint density at radius 1 is 0.946 bits per heavy atom. The number of anilines is 1. The standard InChI is InChI=1S/C27H25ClN4O4S/c1-20-7-9-21(10-8-20)18-32(37(34,35)26-15-11-22(28)12-16-26)19-25-14-13-24(36-25)17-29-31-27(33)30-23-5-3-2-4-6-23/h2-17H,18-19H2,1H3,(H2,30,31,33)/b29-17-. The van der Waals surface area contributed by atoms with Crippen LogP contribution >= 0.6 is 11.6 Å². The Morgan fingerprint density at radius 2 is 1.65 bits per heavy atom. The summed E-state index contributed by atoms with van der Waals surface area (Å²) >= 11 is 5.95. The first-order chi connectivity index (χ1) is 17.8. The minimum atomic E-state index is -3.86. The van der Waals surface area contributed by atoms with E-state index in [-0.39, 0.29) is 18.0 Å². The van der Waals surface area contributed by atoms with Gasteiger partial charge in [-0.15, -0.1) is 0 Å². The van der Waals surface area contributed by atoms with Crippen LogP contribution in [0.5, 0.6) is 0 Å². The molecule has 3 aromatic carbocycles. The third-order valence-electron chi connectivity index (χ3n) is 5.34. The Labute approximate surface area is 220 Å². The fourth-order valence-electron chi connectivity index (χ4n) is 3.44. The van der Waals surface area contributed by atoms with Gasteiger partial charge in [-0.1, -0.05) is 59.6 Å². The van der Waals surface area contributed by atoms with E-state index in [0.29, 0.717) is 22.2 Å². The van der Waals surface area contributed by atoms with E-state index in [9.17, 15) is 13.2 Å². The van der Waals surface area contributed by atoms with E-state index < -0.39 is 16.1 Å². The van der Waals surface area contributed by atoms with E-state index in [4.69, 9.17) is 16.0 Å². The van der Waals surface area contributed by atoms with Gasteiger partial charge in [0.25, 0.3) is 0 Å². The largest absolute Gasteiger partial charge is 0.459 e. The maximum absolute atomic E-state index is 13.5. The first kappa shape index (κ1) is 26.2. The fourth-order valence-corrected chi connectivity index (χ4v) is 4.96. The molecule has 0 fully saturated rings. The summed E-state index contributed by atoms with van der Waals surface area (Å²) < 4.78 is 34.1. The van der Waals surface area contributed by atoms with Crippen molar-refractivity contribution in [3.8, 4) is 0 Å². The van der Waals surface area contributed by atoms with Gasteiger partial charge in [0.05, 0.1) is 17.7 Å². The fraction of sp³-hybridized carbons (Fsp3) is 0.111. The summed E-state index contributed by atoms with van der Waals surface area (Å²) in [4.78, 5) is 12.1. The molecular formula is C27H25ClN4O4S. The molecule has 0 radical (unpaired) electrons. The third kappa shape index (κ3) is 7.29. The molecule has 1 aromatic heterocycles. The molecule has 0 saturated carbocycles. The molecule has 190 valence electrons. The number of amides is 2. The van der Waals surface area contributed by atoms with E-state index in [1.165, 1.54) is 22.7 Å². The van der Waals surface area contributed by atoms with Gasteiger partial charge in [-0.2, -0.15) is 9.41 Å². The molecule has 0 aliphatic rings. The summed E-state index contributed by atoms with van der Waals surface area (Å²) in [6.45, 7) is 2.11. The second-order valence-corrected chi connectivity index (χ2v) is 10.6. The predicted octanol–water partition coefficient (Wildman–Crippen LogP) is 5.79. The summed E-state index contributed by atoms with van der Waals surface area (Å²) in [5, 5.41) is 6.98. The summed E-state index contributed by atoms with van der Waals surface area (Å²) in [6, 6.07) is 25.5. The lowest BCUT2D eigenvalue weighted by Crippen LogP contribution is -2.30. The monoisotopic (exact) mass is 536 g/mol. The number of carbonyl (C=O) groups is 1. The van der Waals surface area contributed by atoms with Gasteiger partial charge in [-0.25, -0.2) is 18.6 Å².